The van der Waals surface area contributed by atoms with Crippen LogP contribution in [0.15, 0.2) is 42.6 Å². The van der Waals surface area contributed by atoms with Crippen molar-refractivity contribution in [3.05, 3.63) is 53.7 Å². The molecule has 0 atom stereocenters. The van der Waals surface area contributed by atoms with Crippen molar-refractivity contribution in [3.63, 3.8) is 0 Å². The number of likely N-dealkylation sites (N-methyl/N-ethyl adjacent to an activating group) is 1. The number of rotatable bonds is 8. The summed E-state index contributed by atoms with van der Waals surface area (Å²) in [5.74, 6) is 0.796. The predicted molar refractivity (Wildman–Crippen MR) is 128 cm³/mol. The van der Waals surface area contributed by atoms with Gasteiger partial charge in [-0.1, -0.05) is 0 Å². The van der Waals surface area contributed by atoms with Crippen molar-refractivity contribution in [2.45, 2.75) is 19.9 Å². The second-order valence-corrected chi connectivity index (χ2v) is 8.59. The van der Waals surface area contributed by atoms with Gasteiger partial charge in [0.25, 0.3) is 11.8 Å². The van der Waals surface area contributed by atoms with Crippen LogP contribution in [0.1, 0.15) is 34.6 Å². The lowest BCUT2D eigenvalue weighted by Crippen LogP contribution is -2.49. The molecule has 0 radical (unpaired) electrons. The molecule has 0 aliphatic carbocycles. The van der Waals surface area contributed by atoms with E-state index in [4.69, 9.17) is 0 Å². The van der Waals surface area contributed by atoms with E-state index in [1.165, 1.54) is 0 Å². The van der Waals surface area contributed by atoms with Crippen molar-refractivity contribution < 1.29 is 9.59 Å². The van der Waals surface area contributed by atoms with Crippen LogP contribution in [0.25, 0.3) is 0 Å². The van der Waals surface area contributed by atoms with Gasteiger partial charge >= 0.3 is 0 Å². The molecule has 0 bridgehead atoms. The Morgan fingerprint density at radius 3 is 2.31 bits per heavy atom. The smallest absolute Gasteiger partial charge is 0.253 e. The molecule has 1 aliphatic rings. The van der Waals surface area contributed by atoms with Crippen LogP contribution in [0.4, 0.5) is 11.5 Å². The van der Waals surface area contributed by atoms with Gasteiger partial charge in [-0.05, 0) is 64.3 Å². The molecule has 172 valence electrons. The maximum atomic E-state index is 13.0. The first-order chi connectivity index (χ1) is 15.3. The minimum atomic E-state index is -0.124. The van der Waals surface area contributed by atoms with E-state index in [1.807, 2.05) is 36.0 Å². The normalized spacial score (nSPS) is 14.1. The van der Waals surface area contributed by atoms with Crippen LogP contribution in [0.2, 0.25) is 0 Å². The zero-order valence-corrected chi connectivity index (χ0v) is 19.5. The van der Waals surface area contributed by atoms with Crippen molar-refractivity contribution >= 4 is 23.3 Å². The monoisotopic (exact) mass is 438 g/mol. The SMILES string of the molecule is CC(C)Nc1cccnc1N1CCN(C(=O)c2ccc(C(=O)NCCN(C)C)cc2)CC1. The van der Waals surface area contributed by atoms with Gasteiger partial charge in [0, 0.05) is 62.6 Å². The molecule has 1 fully saturated rings. The molecule has 8 heteroatoms. The predicted octanol–water partition coefficient (Wildman–Crippen LogP) is 2.16. The van der Waals surface area contributed by atoms with E-state index < -0.39 is 0 Å². The Hall–Kier alpha value is -3.13. The van der Waals surface area contributed by atoms with Crippen LogP contribution in [0, 0.1) is 0 Å². The van der Waals surface area contributed by atoms with Gasteiger partial charge in [0.2, 0.25) is 0 Å². The van der Waals surface area contributed by atoms with Crippen molar-refractivity contribution in [1.82, 2.24) is 20.1 Å². The number of benzene rings is 1. The summed E-state index contributed by atoms with van der Waals surface area (Å²) in [6.45, 7) is 8.28. The van der Waals surface area contributed by atoms with E-state index in [-0.39, 0.29) is 11.8 Å². The first-order valence-electron chi connectivity index (χ1n) is 11.1. The van der Waals surface area contributed by atoms with Crippen LogP contribution >= 0.6 is 0 Å². The number of anilines is 2. The largest absolute Gasteiger partial charge is 0.380 e. The number of pyridine rings is 1. The van der Waals surface area contributed by atoms with E-state index in [1.54, 1.807) is 30.5 Å². The van der Waals surface area contributed by atoms with Crippen LogP contribution in [0.5, 0.6) is 0 Å². The number of hydrogen-bond acceptors (Lipinski definition) is 6. The highest BCUT2D eigenvalue weighted by molar-refractivity contribution is 5.98. The molecule has 32 heavy (non-hydrogen) atoms. The second-order valence-electron chi connectivity index (χ2n) is 8.59. The molecule has 0 unspecified atom stereocenters. The highest BCUT2D eigenvalue weighted by atomic mass is 16.2. The van der Waals surface area contributed by atoms with E-state index >= 15 is 0 Å². The number of piperazine rings is 1. The average Bonchev–Trinajstić information content (AvgIpc) is 2.78. The number of carbonyl (C=O) groups is 2. The minimum absolute atomic E-state index is 0.00855. The van der Waals surface area contributed by atoms with Crippen molar-refractivity contribution in [2.24, 2.45) is 0 Å². The summed E-state index contributed by atoms with van der Waals surface area (Å²) in [5.41, 5.74) is 2.18. The van der Waals surface area contributed by atoms with Crippen LogP contribution in [-0.2, 0) is 0 Å². The third-order valence-corrected chi connectivity index (χ3v) is 5.34. The minimum Gasteiger partial charge on any atom is -0.380 e. The van der Waals surface area contributed by atoms with Crippen molar-refractivity contribution in [3.8, 4) is 0 Å². The molecule has 0 saturated carbocycles. The van der Waals surface area contributed by atoms with Gasteiger partial charge in [-0.15, -0.1) is 0 Å². The maximum Gasteiger partial charge on any atom is 0.253 e. The number of amides is 2. The van der Waals surface area contributed by atoms with Gasteiger partial charge in [0.05, 0.1) is 5.69 Å². The molecule has 8 nitrogen and oxygen atoms in total. The molecular formula is C24H34N6O2. The molecule has 3 rings (SSSR count). The molecule has 2 aromatic rings. The van der Waals surface area contributed by atoms with Crippen LogP contribution < -0.4 is 15.5 Å². The zero-order valence-electron chi connectivity index (χ0n) is 19.5. The first kappa shape index (κ1) is 23.5. The first-order valence-corrected chi connectivity index (χ1v) is 11.1. The Kier molecular flexibility index (Phi) is 8.05. The maximum absolute atomic E-state index is 13.0. The second kappa shape index (κ2) is 10.9. The Balaban J connectivity index is 1.56. The van der Waals surface area contributed by atoms with Crippen LogP contribution in [0.3, 0.4) is 0 Å². The van der Waals surface area contributed by atoms with Crippen LogP contribution in [-0.4, -0.2) is 86.0 Å². The molecule has 2 N–H and O–H groups in total. The molecule has 0 spiro atoms. The summed E-state index contributed by atoms with van der Waals surface area (Å²) in [4.78, 5) is 35.8. The lowest BCUT2D eigenvalue weighted by molar-refractivity contribution is 0.0746. The van der Waals surface area contributed by atoms with E-state index in [9.17, 15) is 9.59 Å². The lowest BCUT2D eigenvalue weighted by Gasteiger charge is -2.36. The standard InChI is InChI=1S/C24H34N6O2/c1-18(2)27-21-6-5-11-25-22(21)29-14-16-30(17-15-29)24(32)20-9-7-19(8-10-20)23(31)26-12-13-28(3)4/h5-11,18,27H,12-17H2,1-4H3,(H,26,31). The summed E-state index contributed by atoms with van der Waals surface area (Å²) in [6.07, 6.45) is 1.80. The molecule has 1 aliphatic heterocycles. The van der Waals surface area contributed by atoms with Gasteiger partial charge in [0.15, 0.2) is 5.82 Å². The Morgan fingerprint density at radius 1 is 1.03 bits per heavy atom. The van der Waals surface area contributed by atoms with Gasteiger partial charge in [-0.3, -0.25) is 9.59 Å². The summed E-state index contributed by atoms with van der Waals surface area (Å²) in [6, 6.07) is 11.2. The summed E-state index contributed by atoms with van der Waals surface area (Å²) >= 11 is 0. The fourth-order valence-corrected chi connectivity index (χ4v) is 3.64. The third-order valence-electron chi connectivity index (χ3n) is 5.34. The summed E-state index contributed by atoms with van der Waals surface area (Å²) < 4.78 is 0. The number of hydrogen-bond donors (Lipinski definition) is 2. The Labute approximate surface area is 190 Å². The van der Waals surface area contributed by atoms with Crippen molar-refractivity contribution in [2.75, 3.05) is 63.6 Å². The molecular weight excluding hydrogens is 404 g/mol. The summed E-state index contributed by atoms with van der Waals surface area (Å²) in [5, 5.41) is 6.33. The molecule has 2 heterocycles. The fraction of sp³-hybridized carbons (Fsp3) is 0.458. The fourth-order valence-electron chi connectivity index (χ4n) is 3.64. The summed E-state index contributed by atoms with van der Waals surface area (Å²) in [7, 11) is 3.93. The van der Waals surface area contributed by atoms with Gasteiger partial charge in [-0.2, -0.15) is 0 Å². The number of nitrogens with one attached hydrogen (secondary N) is 2. The van der Waals surface area contributed by atoms with E-state index in [2.05, 4.69) is 34.4 Å². The van der Waals surface area contributed by atoms with Gasteiger partial charge < -0.3 is 25.3 Å². The molecule has 1 aromatic carbocycles. The Bertz CT molecular complexity index is 905. The van der Waals surface area contributed by atoms with Crippen molar-refractivity contribution in [1.29, 1.82) is 0 Å². The number of carbonyl (C=O) groups excluding carboxylic acids is 2. The van der Waals surface area contributed by atoms with Gasteiger partial charge in [0.1, 0.15) is 0 Å². The highest BCUT2D eigenvalue weighted by Gasteiger charge is 2.24. The number of nitrogens with zero attached hydrogens (tertiary/aromatic N) is 4. The topological polar surface area (TPSA) is 80.8 Å². The quantitative estimate of drug-likeness (QED) is 0.658. The highest BCUT2D eigenvalue weighted by Crippen LogP contribution is 2.25. The Morgan fingerprint density at radius 2 is 1.69 bits per heavy atom. The molecule has 1 aromatic heterocycles. The third kappa shape index (κ3) is 6.20. The van der Waals surface area contributed by atoms with Gasteiger partial charge in [-0.25, -0.2) is 4.98 Å². The molecule has 1 saturated heterocycles. The number of aromatic nitrogens is 1. The lowest BCUT2D eigenvalue weighted by atomic mass is 10.1. The van der Waals surface area contributed by atoms with E-state index in [0.29, 0.717) is 36.8 Å². The molecule has 2 amide bonds. The van der Waals surface area contributed by atoms with E-state index in [0.717, 1.165) is 31.1 Å². The average molecular weight is 439 g/mol. The zero-order chi connectivity index (χ0) is 23.1.